The zero-order chi connectivity index (χ0) is 16.4. The van der Waals surface area contributed by atoms with Crippen molar-refractivity contribution < 1.29 is 0 Å². The van der Waals surface area contributed by atoms with Gasteiger partial charge in [0.05, 0.1) is 23.3 Å². The van der Waals surface area contributed by atoms with Crippen LogP contribution in [-0.2, 0) is 0 Å². The molecule has 0 saturated carbocycles. The highest BCUT2D eigenvalue weighted by Crippen LogP contribution is 2.30. The normalized spacial score (nSPS) is 11.8. The van der Waals surface area contributed by atoms with Gasteiger partial charge in [0.15, 0.2) is 0 Å². The molecule has 116 valence electrons. The van der Waals surface area contributed by atoms with Gasteiger partial charge in [-0.05, 0) is 29.5 Å². The molecule has 0 heterocycles. The molecule has 0 fully saturated rings. The van der Waals surface area contributed by atoms with E-state index in [2.05, 4.69) is 39.0 Å². The SMILES string of the molecule is CCCCCCCC(C)(C)/C=C(\C#N)c1ccc(C#N)cc1. The average molecular weight is 294 g/mol. The van der Waals surface area contributed by atoms with Crippen LogP contribution in [0.15, 0.2) is 30.3 Å². The summed E-state index contributed by atoms with van der Waals surface area (Å²) >= 11 is 0. The Kier molecular flexibility index (Phi) is 7.41. The van der Waals surface area contributed by atoms with E-state index in [0.29, 0.717) is 11.1 Å². The molecule has 0 aromatic heterocycles. The van der Waals surface area contributed by atoms with Crippen molar-refractivity contribution in [2.45, 2.75) is 59.3 Å². The molecule has 1 aromatic rings. The van der Waals surface area contributed by atoms with Crippen LogP contribution in [0.25, 0.3) is 5.57 Å². The topological polar surface area (TPSA) is 47.6 Å². The van der Waals surface area contributed by atoms with Crippen molar-refractivity contribution in [3.63, 3.8) is 0 Å². The van der Waals surface area contributed by atoms with Crippen molar-refractivity contribution in [3.8, 4) is 12.1 Å². The molecule has 22 heavy (non-hydrogen) atoms. The molecule has 0 radical (unpaired) electrons. The zero-order valence-corrected chi connectivity index (χ0v) is 14.0. The van der Waals surface area contributed by atoms with Gasteiger partial charge in [-0.25, -0.2) is 0 Å². The molecule has 1 aromatic carbocycles. The fourth-order valence-corrected chi connectivity index (χ4v) is 2.55. The smallest absolute Gasteiger partial charge is 0.0994 e. The molecule has 0 unspecified atom stereocenters. The second kappa shape index (κ2) is 9.06. The Bertz CT molecular complexity index is 565. The minimum absolute atomic E-state index is 0.0190. The Balaban J connectivity index is 2.72. The Morgan fingerprint density at radius 3 is 2.23 bits per heavy atom. The minimum Gasteiger partial charge on any atom is -0.192 e. The lowest BCUT2D eigenvalue weighted by molar-refractivity contribution is 0.409. The summed E-state index contributed by atoms with van der Waals surface area (Å²) in [5, 5.41) is 18.3. The summed E-state index contributed by atoms with van der Waals surface area (Å²) in [5.74, 6) is 0. The lowest BCUT2D eigenvalue weighted by Crippen LogP contribution is -2.08. The van der Waals surface area contributed by atoms with Crippen LogP contribution in [0.4, 0.5) is 0 Å². The van der Waals surface area contributed by atoms with Gasteiger partial charge in [0, 0.05) is 0 Å². The van der Waals surface area contributed by atoms with Crippen molar-refractivity contribution in [1.29, 1.82) is 10.5 Å². The van der Waals surface area contributed by atoms with E-state index in [1.165, 1.54) is 32.1 Å². The van der Waals surface area contributed by atoms with Crippen molar-refractivity contribution in [2.24, 2.45) is 5.41 Å². The molecular weight excluding hydrogens is 268 g/mol. The first-order valence-corrected chi connectivity index (χ1v) is 8.16. The molecule has 0 saturated heterocycles. The summed E-state index contributed by atoms with van der Waals surface area (Å²) in [4.78, 5) is 0. The van der Waals surface area contributed by atoms with Gasteiger partial charge in [-0.2, -0.15) is 10.5 Å². The number of hydrogen-bond donors (Lipinski definition) is 0. The number of nitrogens with zero attached hydrogens (tertiary/aromatic N) is 2. The maximum Gasteiger partial charge on any atom is 0.0994 e. The van der Waals surface area contributed by atoms with Gasteiger partial charge >= 0.3 is 0 Å². The van der Waals surface area contributed by atoms with E-state index in [4.69, 9.17) is 5.26 Å². The third kappa shape index (κ3) is 6.15. The highest BCUT2D eigenvalue weighted by atomic mass is 14.3. The van der Waals surface area contributed by atoms with Crippen LogP contribution in [-0.4, -0.2) is 0 Å². The molecular formula is C20H26N2. The number of nitriles is 2. The Morgan fingerprint density at radius 2 is 1.68 bits per heavy atom. The maximum absolute atomic E-state index is 9.43. The molecule has 0 aliphatic heterocycles. The van der Waals surface area contributed by atoms with Gasteiger partial charge in [-0.1, -0.05) is 71.1 Å². The van der Waals surface area contributed by atoms with E-state index >= 15 is 0 Å². The second-order valence-electron chi connectivity index (χ2n) is 6.51. The predicted molar refractivity (Wildman–Crippen MR) is 91.9 cm³/mol. The third-order valence-corrected chi connectivity index (χ3v) is 3.91. The lowest BCUT2D eigenvalue weighted by Gasteiger charge is -2.21. The van der Waals surface area contributed by atoms with Gasteiger partial charge in [0.2, 0.25) is 0 Å². The van der Waals surface area contributed by atoms with Gasteiger partial charge in [0.1, 0.15) is 0 Å². The second-order valence-corrected chi connectivity index (χ2v) is 6.51. The van der Waals surface area contributed by atoms with Gasteiger partial charge in [0.25, 0.3) is 0 Å². The van der Waals surface area contributed by atoms with Gasteiger partial charge in [-0.3, -0.25) is 0 Å². The number of rotatable bonds is 8. The van der Waals surface area contributed by atoms with E-state index in [0.717, 1.165) is 12.0 Å². The van der Waals surface area contributed by atoms with Gasteiger partial charge < -0.3 is 0 Å². The molecule has 0 aliphatic rings. The first kappa shape index (κ1) is 18.0. The molecule has 0 aliphatic carbocycles. The number of benzene rings is 1. The molecule has 0 bridgehead atoms. The number of unbranched alkanes of at least 4 members (excludes halogenated alkanes) is 4. The molecule has 2 nitrogen and oxygen atoms in total. The molecule has 2 heteroatoms. The zero-order valence-electron chi connectivity index (χ0n) is 14.0. The largest absolute Gasteiger partial charge is 0.192 e. The maximum atomic E-state index is 9.43. The van der Waals surface area contributed by atoms with E-state index in [-0.39, 0.29) is 5.41 Å². The van der Waals surface area contributed by atoms with Crippen LogP contribution in [0.1, 0.15) is 70.4 Å². The summed E-state index contributed by atoms with van der Waals surface area (Å²) in [7, 11) is 0. The van der Waals surface area contributed by atoms with E-state index in [1.807, 2.05) is 12.1 Å². The summed E-state index contributed by atoms with van der Waals surface area (Å²) in [6.07, 6.45) is 9.52. The highest BCUT2D eigenvalue weighted by Gasteiger charge is 2.16. The van der Waals surface area contributed by atoms with Crippen LogP contribution in [0, 0.1) is 28.1 Å². The van der Waals surface area contributed by atoms with Crippen LogP contribution in [0.2, 0.25) is 0 Å². The molecule has 0 amide bonds. The van der Waals surface area contributed by atoms with Crippen LogP contribution >= 0.6 is 0 Å². The minimum atomic E-state index is 0.0190. The van der Waals surface area contributed by atoms with Gasteiger partial charge in [-0.15, -0.1) is 0 Å². The predicted octanol–water partition coefficient (Wildman–Crippen LogP) is 5.85. The monoisotopic (exact) mass is 294 g/mol. The summed E-state index contributed by atoms with van der Waals surface area (Å²) in [6, 6.07) is 11.6. The van der Waals surface area contributed by atoms with Crippen molar-refractivity contribution in [2.75, 3.05) is 0 Å². The fourth-order valence-electron chi connectivity index (χ4n) is 2.55. The Labute approximate surface area is 135 Å². The van der Waals surface area contributed by atoms with Crippen molar-refractivity contribution in [1.82, 2.24) is 0 Å². The van der Waals surface area contributed by atoms with Crippen LogP contribution in [0.3, 0.4) is 0 Å². The number of allylic oxidation sites excluding steroid dienone is 2. The summed E-state index contributed by atoms with van der Waals surface area (Å²) in [6.45, 7) is 6.60. The fraction of sp³-hybridized carbons (Fsp3) is 0.500. The quantitative estimate of drug-likeness (QED) is 0.446. The van der Waals surface area contributed by atoms with Crippen molar-refractivity contribution >= 4 is 5.57 Å². The first-order valence-electron chi connectivity index (χ1n) is 8.16. The van der Waals surface area contributed by atoms with E-state index in [9.17, 15) is 5.26 Å². The van der Waals surface area contributed by atoms with E-state index in [1.54, 1.807) is 12.1 Å². The number of hydrogen-bond acceptors (Lipinski definition) is 2. The third-order valence-electron chi connectivity index (χ3n) is 3.91. The van der Waals surface area contributed by atoms with Crippen LogP contribution < -0.4 is 0 Å². The molecule has 0 atom stereocenters. The molecule has 0 N–H and O–H groups in total. The van der Waals surface area contributed by atoms with Crippen molar-refractivity contribution in [3.05, 3.63) is 41.5 Å². The summed E-state index contributed by atoms with van der Waals surface area (Å²) < 4.78 is 0. The standard InChI is InChI=1S/C20H26N2/c1-4-5-6-7-8-13-20(2,3)14-19(16-22)18-11-9-17(15-21)10-12-18/h9-12,14H,4-8,13H2,1-3H3/b19-14+. The van der Waals surface area contributed by atoms with E-state index < -0.39 is 0 Å². The van der Waals surface area contributed by atoms with Crippen LogP contribution in [0.5, 0.6) is 0 Å². The Hall–Kier alpha value is -2.06. The Morgan fingerprint density at radius 1 is 1.05 bits per heavy atom. The molecule has 0 spiro atoms. The lowest BCUT2D eigenvalue weighted by atomic mass is 9.84. The summed E-state index contributed by atoms with van der Waals surface area (Å²) in [5.41, 5.74) is 2.23. The molecule has 1 rings (SSSR count). The highest BCUT2D eigenvalue weighted by molar-refractivity contribution is 5.77. The first-order chi connectivity index (χ1) is 10.5. The average Bonchev–Trinajstić information content (AvgIpc) is 2.52.